The molecule has 0 fully saturated rings. The number of nitro benzene ring substituents is 1. The van der Waals surface area contributed by atoms with Gasteiger partial charge in [-0.05, 0) is 67.5 Å². The van der Waals surface area contributed by atoms with Crippen LogP contribution in [0.1, 0.15) is 25.0 Å². The smallest absolute Gasteiger partial charge is 0.269 e. The Balaban J connectivity index is 1.95. The van der Waals surface area contributed by atoms with E-state index < -0.39 is 4.92 Å². The predicted molar refractivity (Wildman–Crippen MR) is 118 cm³/mol. The van der Waals surface area contributed by atoms with Crippen LogP contribution >= 0.6 is 0 Å². The van der Waals surface area contributed by atoms with Crippen molar-refractivity contribution in [2.24, 2.45) is 0 Å². The minimum atomic E-state index is -0.474. The van der Waals surface area contributed by atoms with Crippen molar-refractivity contribution in [3.63, 3.8) is 0 Å². The van der Waals surface area contributed by atoms with Crippen molar-refractivity contribution < 1.29 is 14.5 Å². The van der Waals surface area contributed by atoms with Gasteiger partial charge in [0.1, 0.15) is 0 Å². The third kappa shape index (κ3) is 6.82. The zero-order valence-corrected chi connectivity index (χ0v) is 17.3. The van der Waals surface area contributed by atoms with Gasteiger partial charge in [0.2, 0.25) is 11.8 Å². The number of hydrogen-bond donors (Lipinski definition) is 2. The van der Waals surface area contributed by atoms with Crippen LogP contribution in [0.3, 0.4) is 0 Å². The summed E-state index contributed by atoms with van der Waals surface area (Å²) in [5.74, 6) is -0.407. The first-order valence-electron chi connectivity index (χ1n) is 9.68. The minimum Gasteiger partial charge on any atom is -0.325 e. The first-order valence-corrected chi connectivity index (χ1v) is 9.68. The highest BCUT2D eigenvalue weighted by atomic mass is 16.6. The van der Waals surface area contributed by atoms with E-state index in [-0.39, 0.29) is 17.5 Å². The summed E-state index contributed by atoms with van der Waals surface area (Å²) >= 11 is 0. The normalized spacial score (nSPS) is 10.9. The van der Waals surface area contributed by atoms with Crippen LogP contribution in [0.5, 0.6) is 0 Å². The van der Waals surface area contributed by atoms with Gasteiger partial charge in [-0.3, -0.25) is 24.6 Å². The molecule has 0 heterocycles. The molecule has 30 heavy (non-hydrogen) atoms. The molecule has 158 valence electrons. The van der Waals surface area contributed by atoms with Crippen molar-refractivity contribution in [3.8, 4) is 0 Å². The van der Waals surface area contributed by atoms with E-state index in [9.17, 15) is 19.7 Å². The number of likely N-dealkylation sites (N-methyl/N-ethyl adjacent to an activating group) is 1. The molecule has 0 atom stereocenters. The Kier molecular flexibility index (Phi) is 8.25. The SMILES string of the molecule is CCN(CC)CC(=O)Nc1ccc(NC(=O)/C=C/c2ccc([N+](=O)[O-])cc2)cc1C. The third-order valence-electron chi connectivity index (χ3n) is 4.56. The molecular weight excluding hydrogens is 384 g/mol. The number of carbonyl (C=O) groups excluding carboxylic acids is 2. The molecule has 0 aliphatic carbocycles. The zero-order chi connectivity index (χ0) is 22.1. The van der Waals surface area contributed by atoms with Gasteiger partial charge in [0, 0.05) is 29.6 Å². The highest BCUT2D eigenvalue weighted by Crippen LogP contribution is 2.20. The third-order valence-corrected chi connectivity index (χ3v) is 4.56. The molecule has 0 aromatic heterocycles. The molecule has 0 saturated carbocycles. The Morgan fingerprint density at radius 3 is 2.30 bits per heavy atom. The largest absolute Gasteiger partial charge is 0.325 e. The molecule has 0 spiro atoms. The number of amides is 2. The summed E-state index contributed by atoms with van der Waals surface area (Å²) in [6.45, 7) is 7.82. The topological polar surface area (TPSA) is 105 Å². The second-order valence-electron chi connectivity index (χ2n) is 6.71. The Morgan fingerprint density at radius 1 is 1.07 bits per heavy atom. The minimum absolute atomic E-state index is 0.00338. The van der Waals surface area contributed by atoms with Gasteiger partial charge in [-0.2, -0.15) is 0 Å². The number of rotatable bonds is 9. The monoisotopic (exact) mass is 410 g/mol. The first-order chi connectivity index (χ1) is 14.3. The van der Waals surface area contributed by atoms with Crippen molar-refractivity contribution in [2.45, 2.75) is 20.8 Å². The highest BCUT2D eigenvalue weighted by molar-refractivity contribution is 6.02. The van der Waals surface area contributed by atoms with E-state index in [1.807, 2.05) is 25.7 Å². The molecule has 8 heteroatoms. The van der Waals surface area contributed by atoms with Crippen LogP contribution in [0.25, 0.3) is 6.08 Å². The van der Waals surface area contributed by atoms with Crippen LogP contribution in [-0.4, -0.2) is 41.3 Å². The van der Waals surface area contributed by atoms with Gasteiger partial charge in [0.15, 0.2) is 0 Å². The molecule has 2 amide bonds. The number of nitrogens with one attached hydrogen (secondary N) is 2. The van der Waals surface area contributed by atoms with Gasteiger partial charge in [0.05, 0.1) is 11.5 Å². The van der Waals surface area contributed by atoms with E-state index in [1.165, 1.54) is 18.2 Å². The molecule has 0 bridgehead atoms. The van der Waals surface area contributed by atoms with Crippen LogP contribution < -0.4 is 10.6 Å². The van der Waals surface area contributed by atoms with Gasteiger partial charge in [0.25, 0.3) is 5.69 Å². The van der Waals surface area contributed by atoms with Crippen LogP contribution in [0.2, 0.25) is 0 Å². The number of carbonyl (C=O) groups is 2. The van der Waals surface area contributed by atoms with Crippen LogP contribution in [-0.2, 0) is 9.59 Å². The van der Waals surface area contributed by atoms with Crippen molar-refractivity contribution >= 4 is 35.0 Å². The summed E-state index contributed by atoms with van der Waals surface area (Å²) < 4.78 is 0. The van der Waals surface area contributed by atoms with Crippen molar-refractivity contribution in [3.05, 3.63) is 69.8 Å². The maximum absolute atomic E-state index is 12.2. The second-order valence-corrected chi connectivity index (χ2v) is 6.71. The van der Waals surface area contributed by atoms with Crippen molar-refractivity contribution in [1.82, 2.24) is 4.90 Å². The van der Waals surface area contributed by atoms with Crippen LogP contribution in [0.15, 0.2) is 48.5 Å². The zero-order valence-electron chi connectivity index (χ0n) is 17.3. The molecule has 8 nitrogen and oxygen atoms in total. The number of non-ortho nitro benzene ring substituents is 1. The summed E-state index contributed by atoms with van der Waals surface area (Å²) in [4.78, 5) is 36.5. The summed E-state index contributed by atoms with van der Waals surface area (Å²) in [6.07, 6.45) is 2.93. The average Bonchev–Trinajstić information content (AvgIpc) is 2.72. The lowest BCUT2D eigenvalue weighted by molar-refractivity contribution is -0.384. The van der Waals surface area contributed by atoms with E-state index >= 15 is 0 Å². The number of hydrogen-bond acceptors (Lipinski definition) is 5. The van der Waals surface area contributed by atoms with Gasteiger partial charge >= 0.3 is 0 Å². The number of benzene rings is 2. The number of aryl methyl sites for hydroxylation is 1. The summed E-state index contributed by atoms with van der Waals surface area (Å²) in [5, 5.41) is 16.3. The van der Waals surface area contributed by atoms with E-state index in [0.717, 1.165) is 18.7 Å². The lowest BCUT2D eigenvalue weighted by atomic mass is 10.1. The molecule has 2 aromatic carbocycles. The highest BCUT2D eigenvalue weighted by Gasteiger charge is 2.10. The fraction of sp³-hybridized carbons (Fsp3) is 0.273. The number of nitro groups is 1. The number of nitrogens with zero attached hydrogens (tertiary/aromatic N) is 2. The maximum Gasteiger partial charge on any atom is 0.269 e. The van der Waals surface area contributed by atoms with Crippen molar-refractivity contribution in [1.29, 1.82) is 0 Å². The van der Waals surface area contributed by atoms with Crippen molar-refractivity contribution in [2.75, 3.05) is 30.3 Å². The Morgan fingerprint density at radius 2 is 1.73 bits per heavy atom. The fourth-order valence-corrected chi connectivity index (χ4v) is 2.78. The molecular formula is C22H26N4O4. The quantitative estimate of drug-likeness (QED) is 0.371. The molecule has 0 aliphatic heterocycles. The Bertz CT molecular complexity index is 935. The molecule has 0 saturated heterocycles. The predicted octanol–water partition coefficient (Wildman–Crippen LogP) is 3.84. The lowest BCUT2D eigenvalue weighted by Crippen LogP contribution is -2.33. The van der Waals surface area contributed by atoms with E-state index in [1.54, 1.807) is 36.4 Å². The van der Waals surface area contributed by atoms with Gasteiger partial charge < -0.3 is 10.6 Å². The summed E-state index contributed by atoms with van der Waals surface area (Å²) in [7, 11) is 0. The molecule has 0 unspecified atom stereocenters. The molecule has 2 rings (SSSR count). The number of anilines is 2. The van der Waals surface area contributed by atoms with E-state index in [0.29, 0.717) is 23.5 Å². The van der Waals surface area contributed by atoms with Gasteiger partial charge in [-0.1, -0.05) is 13.8 Å². The summed E-state index contributed by atoms with van der Waals surface area (Å²) in [6, 6.07) is 11.2. The molecule has 0 radical (unpaired) electrons. The Hall–Kier alpha value is -3.52. The second kappa shape index (κ2) is 10.9. The average molecular weight is 410 g/mol. The molecule has 2 N–H and O–H groups in total. The standard InChI is InChI=1S/C22H26N4O4/c1-4-25(5-2)15-22(28)24-20-12-9-18(14-16(20)3)23-21(27)13-8-17-6-10-19(11-7-17)26(29)30/h6-14H,4-5,15H2,1-3H3,(H,23,27)(H,24,28)/b13-8+. The maximum atomic E-state index is 12.2. The summed E-state index contributed by atoms with van der Waals surface area (Å²) in [5.41, 5.74) is 2.81. The molecule has 2 aromatic rings. The van der Waals surface area contributed by atoms with E-state index in [2.05, 4.69) is 10.6 Å². The fourth-order valence-electron chi connectivity index (χ4n) is 2.78. The van der Waals surface area contributed by atoms with Crippen LogP contribution in [0, 0.1) is 17.0 Å². The Labute approximate surface area is 175 Å². The first kappa shape index (κ1) is 22.8. The van der Waals surface area contributed by atoms with Gasteiger partial charge in [-0.15, -0.1) is 0 Å². The molecule has 0 aliphatic rings. The van der Waals surface area contributed by atoms with Gasteiger partial charge in [-0.25, -0.2) is 0 Å². The van der Waals surface area contributed by atoms with Crippen LogP contribution in [0.4, 0.5) is 17.1 Å². The lowest BCUT2D eigenvalue weighted by Gasteiger charge is -2.18. The van der Waals surface area contributed by atoms with E-state index in [4.69, 9.17) is 0 Å².